The molecule has 16 heteroatoms. The lowest BCUT2D eigenvalue weighted by molar-refractivity contribution is -0.131. The Hall–Kier alpha value is -4.70. The molecule has 0 unspecified atom stereocenters. The highest BCUT2D eigenvalue weighted by Gasteiger charge is 2.56. The third-order valence-corrected chi connectivity index (χ3v) is 7.25. The molecule has 0 radical (unpaired) electrons. The van der Waals surface area contributed by atoms with E-state index in [4.69, 9.17) is 8.92 Å². The summed E-state index contributed by atoms with van der Waals surface area (Å²) in [6, 6.07) is 8.36. The molecule has 43 heavy (non-hydrogen) atoms. The van der Waals surface area contributed by atoms with Crippen LogP contribution in [-0.2, 0) is 23.9 Å². The molecule has 0 atom stereocenters. The number of urea groups is 1. The summed E-state index contributed by atoms with van der Waals surface area (Å²) in [5, 5.41) is 7.26. The van der Waals surface area contributed by atoms with Crippen molar-refractivity contribution in [2.24, 2.45) is 5.41 Å². The Morgan fingerprint density at radius 2 is 1.60 bits per heavy atom. The average Bonchev–Trinajstić information content (AvgIpc) is 3.72. The van der Waals surface area contributed by atoms with Gasteiger partial charge in [-0.3, -0.25) is 19.1 Å². The van der Waals surface area contributed by atoms with E-state index in [1.807, 2.05) is 0 Å². The highest BCUT2D eigenvalue weighted by molar-refractivity contribution is 7.86. The fourth-order valence-electron chi connectivity index (χ4n) is 4.18. The van der Waals surface area contributed by atoms with E-state index in [0.717, 1.165) is 18.4 Å². The van der Waals surface area contributed by atoms with Gasteiger partial charge in [0.05, 0.1) is 25.0 Å². The number of likely N-dealkylation sites (tertiary alicyclic amines) is 1. The van der Waals surface area contributed by atoms with Gasteiger partial charge in [0, 0.05) is 30.1 Å². The van der Waals surface area contributed by atoms with Crippen LogP contribution in [0.3, 0.4) is 0 Å². The molecule has 226 valence electrons. The van der Waals surface area contributed by atoms with E-state index in [2.05, 4.69) is 20.9 Å². The first kappa shape index (κ1) is 29.8. The van der Waals surface area contributed by atoms with E-state index in [0.29, 0.717) is 12.1 Å². The Kier molecular flexibility index (Phi) is 7.98. The number of carbonyl (C=O) groups excluding carboxylic acids is 3. The Balaban J connectivity index is 1.19. The highest BCUT2D eigenvalue weighted by atomic mass is 32.2. The average molecular weight is 620 g/mol. The number of amides is 4. The minimum absolute atomic E-state index is 0.00308. The van der Waals surface area contributed by atoms with Crippen molar-refractivity contribution in [2.75, 3.05) is 35.3 Å². The van der Waals surface area contributed by atoms with Gasteiger partial charge >= 0.3 is 6.03 Å². The lowest BCUT2D eigenvalue weighted by Crippen LogP contribution is -2.56. The molecule has 0 bridgehead atoms. The SMILES string of the molecule is CS(=O)(=O)OC1CN(C(=O)Nc2cc(Oc3cc(F)c(NC(=O)C4(C(=O)Nc5ccc(F)cc5)CC4)cc3F)ccn2)C1. The number of hydrogen-bond donors (Lipinski definition) is 3. The van der Waals surface area contributed by atoms with Gasteiger partial charge in [-0.1, -0.05) is 0 Å². The molecule has 4 amide bonds. The number of benzene rings is 2. The van der Waals surface area contributed by atoms with E-state index in [1.54, 1.807) is 0 Å². The summed E-state index contributed by atoms with van der Waals surface area (Å²) >= 11 is 0. The topological polar surface area (TPSA) is 156 Å². The molecular weight excluding hydrogens is 595 g/mol. The van der Waals surface area contributed by atoms with Gasteiger partial charge in [-0.2, -0.15) is 8.42 Å². The summed E-state index contributed by atoms with van der Waals surface area (Å²) in [5.41, 5.74) is -1.72. The third-order valence-electron chi connectivity index (χ3n) is 6.63. The number of carbonyl (C=O) groups is 3. The molecule has 5 rings (SSSR count). The van der Waals surface area contributed by atoms with E-state index in [9.17, 15) is 36.0 Å². The molecular formula is C27H24F3N5O7S. The maximum absolute atomic E-state index is 14.9. The predicted molar refractivity (Wildman–Crippen MR) is 146 cm³/mol. The summed E-state index contributed by atoms with van der Waals surface area (Å²) in [6.07, 6.45) is 1.88. The molecule has 12 nitrogen and oxygen atoms in total. The monoisotopic (exact) mass is 619 g/mol. The summed E-state index contributed by atoms with van der Waals surface area (Å²) in [4.78, 5) is 43.2. The third kappa shape index (κ3) is 7.03. The first-order valence-electron chi connectivity index (χ1n) is 12.8. The van der Waals surface area contributed by atoms with Crippen LogP contribution in [-0.4, -0.2) is 61.6 Å². The Labute approximate surface area is 243 Å². The molecule has 1 aromatic heterocycles. The normalized spacial score (nSPS) is 15.7. The molecule has 2 fully saturated rings. The molecule has 2 aliphatic rings. The summed E-state index contributed by atoms with van der Waals surface area (Å²) in [6.45, 7) is 0.0883. The molecule has 2 aromatic carbocycles. The Morgan fingerprint density at radius 1 is 0.930 bits per heavy atom. The molecule has 1 aliphatic heterocycles. The summed E-state index contributed by atoms with van der Waals surface area (Å²) < 4.78 is 75.5. The second-order valence-electron chi connectivity index (χ2n) is 10.00. The van der Waals surface area contributed by atoms with Gasteiger partial charge in [0.2, 0.25) is 11.8 Å². The lowest BCUT2D eigenvalue weighted by atomic mass is 10.0. The van der Waals surface area contributed by atoms with Crippen LogP contribution in [0.4, 0.5) is 35.2 Å². The number of hydrogen-bond acceptors (Lipinski definition) is 8. The molecule has 3 N–H and O–H groups in total. The highest BCUT2D eigenvalue weighted by Crippen LogP contribution is 2.47. The second-order valence-corrected chi connectivity index (χ2v) is 11.6. The van der Waals surface area contributed by atoms with E-state index in [1.165, 1.54) is 35.4 Å². The fourth-order valence-corrected chi connectivity index (χ4v) is 4.80. The van der Waals surface area contributed by atoms with Gasteiger partial charge in [0.1, 0.15) is 28.9 Å². The van der Waals surface area contributed by atoms with E-state index >= 15 is 0 Å². The number of ether oxygens (including phenoxy) is 1. The van der Waals surface area contributed by atoms with Gasteiger partial charge in [-0.25, -0.2) is 22.9 Å². The van der Waals surface area contributed by atoms with Crippen LogP contribution in [0.25, 0.3) is 0 Å². The van der Waals surface area contributed by atoms with Crippen LogP contribution in [0.1, 0.15) is 12.8 Å². The number of halogens is 3. The van der Waals surface area contributed by atoms with Crippen LogP contribution >= 0.6 is 0 Å². The number of pyridine rings is 1. The molecule has 3 aromatic rings. The zero-order chi connectivity index (χ0) is 30.9. The molecule has 1 saturated carbocycles. The standard InChI is InChI=1S/C27H24F3N5O7S/c1-43(39,40)42-18-13-35(14-18)26(38)34-23-10-17(6-9-31-23)41-22-12-19(29)21(11-20(22)30)33-25(37)27(7-8-27)24(36)32-16-4-2-15(28)3-5-16/h2-6,9-12,18H,7-8,13-14H2,1H3,(H,32,36)(H,33,37)(H,31,34,38). The number of nitrogens with zero attached hydrogens (tertiary/aromatic N) is 2. The first-order valence-corrected chi connectivity index (χ1v) is 14.6. The van der Waals surface area contributed by atoms with Crippen LogP contribution < -0.4 is 20.7 Å². The van der Waals surface area contributed by atoms with Crippen molar-refractivity contribution in [1.29, 1.82) is 0 Å². The van der Waals surface area contributed by atoms with E-state index < -0.39 is 68.4 Å². The van der Waals surface area contributed by atoms with Crippen molar-refractivity contribution in [3.8, 4) is 11.5 Å². The maximum Gasteiger partial charge on any atom is 0.323 e. The Bertz CT molecular complexity index is 1700. The van der Waals surface area contributed by atoms with Crippen molar-refractivity contribution >= 4 is 45.2 Å². The van der Waals surface area contributed by atoms with Crippen molar-refractivity contribution in [1.82, 2.24) is 9.88 Å². The maximum atomic E-state index is 14.9. The van der Waals surface area contributed by atoms with Crippen LogP contribution in [0.15, 0.2) is 54.7 Å². The predicted octanol–water partition coefficient (Wildman–Crippen LogP) is 3.84. The van der Waals surface area contributed by atoms with Crippen LogP contribution in [0.2, 0.25) is 0 Å². The van der Waals surface area contributed by atoms with E-state index in [-0.39, 0.29) is 43.2 Å². The second kappa shape index (κ2) is 11.5. The van der Waals surface area contributed by atoms with Gasteiger partial charge in [-0.15, -0.1) is 0 Å². The fraction of sp³-hybridized carbons (Fsp3) is 0.259. The lowest BCUT2D eigenvalue weighted by Gasteiger charge is -2.37. The minimum Gasteiger partial charge on any atom is -0.454 e. The largest absolute Gasteiger partial charge is 0.454 e. The van der Waals surface area contributed by atoms with Gasteiger partial charge in [-0.05, 0) is 43.2 Å². The molecule has 2 heterocycles. The molecule has 1 saturated heterocycles. The van der Waals surface area contributed by atoms with Crippen molar-refractivity contribution in [3.63, 3.8) is 0 Å². The quantitative estimate of drug-likeness (QED) is 0.241. The van der Waals surface area contributed by atoms with Crippen molar-refractivity contribution in [2.45, 2.75) is 18.9 Å². The minimum atomic E-state index is -3.65. The van der Waals surface area contributed by atoms with Crippen molar-refractivity contribution < 1.29 is 44.9 Å². The number of anilines is 3. The zero-order valence-corrected chi connectivity index (χ0v) is 23.2. The van der Waals surface area contributed by atoms with Gasteiger partial charge in [0.25, 0.3) is 10.1 Å². The molecule has 0 spiro atoms. The number of rotatable bonds is 9. The Morgan fingerprint density at radius 3 is 2.26 bits per heavy atom. The van der Waals surface area contributed by atoms with Gasteiger partial charge < -0.3 is 20.3 Å². The van der Waals surface area contributed by atoms with Crippen LogP contribution in [0, 0.1) is 22.9 Å². The number of nitrogens with one attached hydrogen (secondary N) is 3. The van der Waals surface area contributed by atoms with Crippen molar-refractivity contribution in [3.05, 3.63) is 72.2 Å². The summed E-state index contributed by atoms with van der Waals surface area (Å²) in [7, 11) is -3.65. The van der Waals surface area contributed by atoms with Gasteiger partial charge in [0.15, 0.2) is 17.4 Å². The first-order chi connectivity index (χ1) is 20.3. The smallest absolute Gasteiger partial charge is 0.323 e. The zero-order valence-electron chi connectivity index (χ0n) is 22.4. The van der Waals surface area contributed by atoms with Crippen LogP contribution in [0.5, 0.6) is 11.5 Å². The summed E-state index contributed by atoms with van der Waals surface area (Å²) in [5.74, 6) is -4.57. The molecule has 1 aliphatic carbocycles. The number of aromatic nitrogens is 1.